The van der Waals surface area contributed by atoms with Crippen LogP contribution in [0.4, 0.5) is 0 Å². The van der Waals surface area contributed by atoms with E-state index in [1.54, 1.807) is 16.4 Å². The van der Waals surface area contributed by atoms with Gasteiger partial charge in [0.15, 0.2) is 11.7 Å². The van der Waals surface area contributed by atoms with Crippen LogP contribution in [0.25, 0.3) is 11.1 Å². The van der Waals surface area contributed by atoms with Crippen LogP contribution in [0, 0.1) is 0 Å². The number of ether oxygens (including phenoxy) is 2. The van der Waals surface area contributed by atoms with Crippen molar-refractivity contribution in [2.75, 3.05) is 13.1 Å². The lowest BCUT2D eigenvalue weighted by molar-refractivity contribution is -0.164. The lowest BCUT2D eigenvalue weighted by Crippen LogP contribution is -2.39. The van der Waals surface area contributed by atoms with Crippen LogP contribution in [0.1, 0.15) is 102 Å². The summed E-state index contributed by atoms with van der Waals surface area (Å²) in [7, 11) is 0. The minimum Gasteiger partial charge on any atom is -0.473 e. The number of hydrogen-bond acceptors (Lipinski definition) is 6. The number of carbonyl (C=O) groups excluding carboxylic acids is 2. The van der Waals surface area contributed by atoms with Crippen molar-refractivity contribution >= 4 is 23.0 Å². The predicted octanol–water partition coefficient (Wildman–Crippen LogP) is 6.32. The number of aromatic nitrogens is 1. The second-order valence-electron chi connectivity index (χ2n) is 11.2. The Morgan fingerprint density at radius 2 is 1.59 bits per heavy atom. The number of benzene rings is 2. The van der Waals surface area contributed by atoms with E-state index in [-0.39, 0.29) is 5.91 Å². The highest BCUT2D eigenvalue weighted by molar-refractivity contribution is 5.86. The molecule has 0 saturated carbocycles. The Morgan fingerprint density at radius 1 is 0.951 bits per heavy atom. The molecule has 8 nitrogen and oxygen atoms in total. The summed E-state index contributed by atoms with van der Waals surface area (Å²) in [5, 5.41) is 0. The van der Waals surface area contributed by atoms with Crippen molar-refractivity contribution in [3.05, 3.63) is 63.1 Å². The molecule has 1 aliphatic rings. The molecule has 41 heavy (non-hydrogen) atoms. The third-order valence-corrected chi connectivity index (χ3v) is 7.83. The largest absolute Gasteiger partial charge is 0.473 e. The highest BCUT2D eigenvalue weighted by Gasteiger charge is 2.33. The predicted molar refractivity (Wildman–Crippen MR) is 159 cm³/mol. The Bertz CT molecular complexity index is 1410. The van der Waals surface area contributed by atoms with Crippen molar-refractivity contribution in [3.8, 4) is 5.75 Å². The van der Waals surface area contributed by atoms with Crippen molar-refractivity contribution in [2.45, 2.75) is 105 Å². The van der Waals surface area contributed by atoms with Crippen LogP contribution in [-0.2, 0) is 33.7 Å². The van der Waals surface area contributed by atoms with E-state index >= 15 is 0 Å². The first-order valence-corrected chi connectivity index (χ1v) is 15.1. The Kier molecular flexibility index (Phi) is 9.94. The summed E-state index contributed by atoms with van der Waals surface area (Å²) < 4.78 is 19.8. The summed E-state index contributed by atoms with van der Waals surface area (Å²) in [5.74, 6) is -0.346. The standard InChI is InChI=1S/C33H44N2O6/c1-7-12-25-20-27-30(41-33(38)35(27)9-3)26(13-8-2)28(25)40-29(24-16-14-23(15-17-24)21(4)5)32(37)39-22(6)31(36)34-18-10-11-19-34/h14-17,20-22,29H,7-13,18-19H2,1-6H3/t22-,29+/m1/s1. The van der Waals surface area contributed by atoms with Crippen molar-refractivity contribution in [2.24, 2.45) is 0 Å². The second-order valence-corrected chi connectivity index (χ2v) is 11.2. The quantitative estimate of drug-likeness (QED) is 0.239. The molecule has 0 N–H and O–H groups in total. The average molecular weight is 565 g/mol. The number of esters is 1. The van der Waals surface area contributed by atoms with Crippen molar-refractivity contribution in [1.29, 1.82) is 0 Å². The van der Waals surface area contributed by atoms with E-state index in [2.05, 4.69) is 27.7 Å². The van der Waals surface area contributed by atoms with E-state index in [4.69, 9.17) is 13.9 Å². The zero-order chi connectivity index (χ0) is 29.7. The maximum absolute atomic E-state index is 13.8. The van der Waals surface area contributed by atoms with Crippen molar-refractivity contribution < 1.29 is 23.5 Å². The molecule has 0 aliphatic carbocycles. The van der Waals surface area contributed by atoms with E-state index in [9.17, 15) is 14.4 Å². The van der Waals surface area contributed by atoms with Gasteiger partial charge >= 0.3 is 11.7 Å². The topological polar surface area (TPSA) is 91.0 Å². The molecule has 1 saturated heterocycles. The van der Waals surface area contributed by atoms with Gasteiger partial charge in [0.05, 0.1) is 5.52 Å². The van der Waals surface area contributed by atoms with Crippen LogP contribution in [0.2, 0.25) is 0 Å². The minimum absolute atomic E-state index is 0.188. The molecular weight excluding hydrogens is 520 g/mol. The van der Waals surface area contributed by atoms with Gasteiger partial charge in [-0.05, 0) is 62.6 Å². The highest BCUT2D eigenvalue weighted by Crippen LogP contribution is 2.37. The zero-order valence-corrected chi connectivity index (χ0v) is 25.3. The van der Waals surface area contributed by atoms with Crippen LogP contribution in [0.3, 0.4) is 0 Å². The number of nitrogens with zero attached hydrogens (tertiary/aromatic N) is 2. The van der Waals surface area contributed by atoms with Gasteiger partial charge in [-0.1, -0.05) is 64.8 Å². The van der Waals surface area contributed by atoms with Gasteiger partial charge in [-0.15, -0.1) is 0 Å². The van der Waals surface area contributed by atoms with Gasteiger partial charge in [-0.3, -0.25) is 9.36 Å². The number of rotatable bonds is 12. The number of hydrogen-bond donors (Lipinski definition) is 0. The smallest absolute Gasteiger partial charge is 0.419 e. The molecule has 0 radical (unpaired) electrons. The Labute approximate surface area is 242 Å². The number of likely N-dealkylation sites (tertiary alicyclic amines) is 1. The molecule has 8 heteroatoms. The lowest BCUT2D eigenvalue weighted by atomic mass is 9.98. The number of carbonyl (C=O) groups is 2. The van der Waals surface area contributed by atoms with Crippen molar-refractivity contribution in [3.63, 3.8) is 0 Å². The molecule has 2 aromatic carbocycles. The molecule has 3 aromatic rings. The Balaban J connectivity index is 1.79. The first-order chi connectivity index (χ1) is 19.7. The number of oxazole rings is 1. The van der Waals surface area contributed by atoms with Crippen LogP contribution in [0.15, 0.2) is 39.5 Å². The van der Waals surface area contributed by atoms with Gasteiger partial charge < -0.3 is 18.8 Å². The van der Waals surface area contributed by atoms with Crippen LogP contribution in [0.5, 0.6) is 5.75 Å². The molecule has 1 fully saturated rings. The Morgan fingerprint density at radius 3 is 2.17 bits per heavy atom. The summed E-state index contributed by atoms with van der Waals surface area (Å²) >= 11 is 0. The first-order valence-electron chi connectivity index (χ1n) is 15.1. The fraction of sp³-hybridized carbons (Fsp3) is 0.545. The molecule has 0 spiro atoms. The zero-order valence-electron chi connectivity index (χ0n) is 25.3. The van der Waals surface area contributed by atoms with E-state index < -0.39 is 23.9 Å². The van der Waals surface area contributed by atoms with Crippen LogP contribution in [-0.4, -0.2) is 40.5 Å². The molecule has 0 unspecified atom stereocenters. The van der Waals surface area contributed by atoms with Gasteiger partial charge in [0.1, 0.15) is 5.75 Å². The van der Waals surface area contributed by atoms with E-state index in [0.717, 1.165) is 47.9 Å². The highest BCUT2D eigenvalue weighted by atomic mass is 16.6. The summed E-state index contributed by atoms with van der Waals surface area (Å²) in [6, 6.07) is 9.71. The third-order valence-electron chi connectivity index (χ3n) is 7.83. The molecule has 2 heterocycles. The van der Waals surface area contributed by atoms with Crippen LogP contribution < -0.4 is 10.5 Å². The summed E-state index contributed by atoms with van der Waals surface area (Å²) in [6.45, 7) is 13.8. The van der Waals surface area contributed by atoms with Crippen LogP contribution >= 0.6 is 0 Å². The first kappa shape index (κ1) is 30.4. The molecule has 1 amide bonds. The van der Waals surface area contributed by atoms with E-state index in [0.29, 0.717) is 55.3 Å². The average Bonchev–Trinajstić information content (AvgIpc) is 3.60. The fourth-order valence-electron chi connectivity index (χ4n) is 5.59. The SMILES string of the molecule is CCCc1cc2c(oc(=O)n2CC)c(CCC)c1O[C@H](C(=O)O[C@H](C)C(=O)N1CCCC1)c1ccc(C(C)C)cc1. The third kappa shape index (κ3) is 6.52. The maximum atomic E-state index is 13.8. The normalized spacial score (nSPS) is 15.0. The summed E-state index contributed by atoms with van der Waals surface area (Å²) in [4.78, 5) is 41.2. The number of fused-ring (bicyclic) bond motifs is 1. The molecule has 1 aliphatic heterocycles. The molecule has 1 aromatic heterocycles. The van der Waals surface area contributed by atoms with Gasteiger partial charge in [0, 0.05) is 30.8 Å². The van der Waals surface area contributed by atoms with Gasteiger partial charge in [0.25, 0.3) is 5.91 Å². The van der Waals surface area contributed by atoms with E-state index in [1.807, 2.05) is 37.3 Å². The molecule has 222 valence electrons. The minimum atomic E-state index is -1.10. The van der Waals surface area contributed by atoms with Gasteiger partial charge in [-0.2, -0.15) is 0 Å². The van der Waals surface area contributed by atoms with Gasteiger partial charge in [-0.25, -0.2) is 9.59 Å². The molecular formula is C33H44N2O6. The van der Waals surface area contributed by atoms with Crippen molar-refractivity contribution in [1.82, 2.24) is 9.47 Å². The summed E-state index contributed by atoms with van der Waals surface area (Å²) in [5.41, 5.74) is 4.69. The summed E-state index contributed by atoms with van der Waals surface area (Å²) in [6.07, 6.45) is 2.83. The number of amides is 1. The van der Waals surface area contributed by atoms with E-state index in [1.165, 1.54) is 0 Å². The Hall–Kier alpha value is -3.55. The monoisotopic (exact) mass is 564 g/mol. The molecule has 0 bridgehead atoms. The fourth-order valence-corrected chi connectivity index (χ4v) is 5.59. The maximum Gasteiger partial charge on any atom is 0.419 e. The lowest BCUT2D eigenvalue weighted by Gasteiger charge is -2.25. The number of aryl methyl sites for hydroxylation is 3. The van der Waals surface area contributed by atoms with Gasteiger partial charge in [0.2, 0.25) is 6.10 Å². The molecule has 4 rings (SSSR count). The second kappa shape index (κ2) is 13.4. The molecule has 2 atom stereocenters.